The van der Waals surface area contributed by atoms with E-state index in [1.807, 2.05) is 6.08 Å². The van der Waals surface area contributed by atoms with Gasteiger partial charge >= 0.3 is 0 Å². The van der Waals surface area contributed by atoms with Crippen LogP contribution in [0.2, 0.25) is 0 Å². The lowest BCUT2D eigenvalue weighted by Gasteiger charge is -2.53. The van der Waals surface area contributed by atoms with Crippen LogP contribution in [0, 0.1) is 34.5 Å². The maximum absolute atomic E-state index is 13.2. The van der Waals surface area contributed by atoms with Crippen LogP contribution in [0.25, 0.3) is 0 Å². The van der Waals surface area contributed by atoms with Crippen molar-refractivity contribution >= 4 is 11.6 Å². The number of ketones is 2. The van der Waals surface area contributed by atoms with Crippen LogP contribution in [-0.4, -0.2) is 24.8 Å². The van der Waals surface area contributed by atoms with Crippen LogP contribution in [0.15, 0.2) is 23.3 Å². The summed E-state index contributed by atoms with van der Waals surface area (Å²) in [4.78, 5) is 25.3. The second-order valence-electron chi connectivity index (χ2n) is 11.0. The van der Waals surface area contributed by atoms with Crippen LogP contribution in [-0.2, 0) is 14.3 Å². The third-order valence-corrected chi connectivity index (χ3v) is 9.16. The van der Waals surface area contributed by atoms with E-state index in [9.17, 15) is 9.59 Å². The van der Waals surface area contributed by atoms with Gasteiger partial charge < -0.3 is 4.74 Å². The minimum Gasteiger partial charge on any atom is -0.374 e. The van der Waals surface area contributed by atoms with Crippen molar-refractivity contribution in [2.75, 3.05) is 13.2 Å². The zero-order valence-electron chi connectivity index (χ0n) is 19.5. The summed E-state index contributed by atoms with van der Waals surface area (Å²) in [6.45, 7) is 10.2. The molecule has 0 heterocycles. The standard InChI is InChI=1S/C27H40O3/c1-5-6-7-14-30-17-24(29)25-18(2)15-23-21-9-8-19-16-20(28)10-12-26(19,3)22(21)11-13-27(23,25)4/h11,16,18,21,23,25H,5-10,12-15,17H2,1-4H3/t18-,21?,23?,25+,26-,27-/m0/s1. The van der Waals surface area contributed by atoms with Crippen molar-refractivity contribution in [3.63, 3.8) is 0 Å². The molecule has 2 saturated carbocycles. The Kier molecular flexibility index (Phi) is 6.14. The molecule has 0 bridgehead atoms. The number of fused-ring (bicyclic) bond motifs is 5. The number of hydrogen-bond acceptors (Lipinski definition) is 3. The smallest absolute Gasteiger partial charge is 0.162 e. The van der Waals surface area contributed by atoms with Crippen LogP contribution in [0.3, 0.4) is 0 Å². The highest BCUT2D eigenvalue weighted by molar-refractivity contribution is 5.92. The molecule has 0 radical (unpaired) electrons. The molecule has 4 aliphatic carbocycles. The first-order valence-corrected chi connectivity index (χ1v) is 12.4. The van der Waals surface area contributed by atoms with Crippen molar-refractivity contribution in [2.45, 2.75) is 85.5 Å². The van der Waals surface area contributed by atoms with Gasteiger partial charge in [-0.2, -0.15) is 0 Å². The van der Waals surface area contributed by atoms with Crippen molar-refractivity contribution < 1.29 is 14.3 Å². The Morgan fingerprint density at radius 2 is 2.03 bits per heavy atom. The monoisotopic (exact) mass is 412 g/mol. The zero-order chi connectivity index (χ0) is 21.5. The molecular formula is C27H40O3. The van der Waals surface area contributed by atoms with E-state index in [2.05, 4.69) is 33.8 Å². The summed E-state index contributed by atoms with van der Waals surface area (Å²) < 4.78 is 5.78. The SMILES string of the molecule is CCCCCOCC(=O)[C@H]1[C@@H](C)CC2C3CCC4=CC(=O)CC[C@]4(C)C3=CC[C@@]21C. The van der Waals surface area contributed by atoms with Crippen LogP contribution in [0.4, 0.5) is 0 Å². The third-order valence-electron chi connectivity index (χ3n) is 9.16. The number of rotatable bonds is 7. The molecule has 3 heteroatoms. The van der Waals surface area contributed by atoms with Gasteiger partial charge in [0, 0.05) is 24.4 Å². The molecule has 0 aromatic carbocycles. The summed E-state index contributed by atoms with van der Waals surface area (Å²) in [6.07, 6.45) is 13.8. The maximum Gasteiger partial charge on any atom is 0.162 e. The van der Waals surface area contributed by atoms with Gasteiger partial charge in [0.15, 0.2) is 11.6 Å². The summed E-state index contributed by atoms with van der Waals surface area (Å²) in [5.74, 6) is 2.33. The first-order chi connectivity index (χ1) is 14.3. The van der Waals surface area contributed by atoms with Crippen molar-refractivity contribution in [3.05, 3.63) is 23.3 Å². The van der Waals surface area contributed by atoms with Crippen molar-refractivity contribution in [1.82, 2.24) is 0 Å². The number of ether oxygens (including phenoxy) is 1. The molecule has 0 saturated heterocycles. The minimum atomic E-state index is 0.0551. The van der Waals surface area contributed by atoms with Gasteiger partial charge in [-0.15, -0.1) is 0 Å². The number of carbonyl (C=O) groups is 2. The average molecular weight is 413 g/mol. The lowest BCUT2D eigenvalue weighted by molar-refractivity contribution is -0.133. The second kappa shape index (κ2) is 8.37. The van der Waals surface area contributed by atoms with Crippen molar-refractivity contribution in [2.24, 2.45) is 34.5 Å². The third kappa shape index (κ3) is 3.55. The van der Waals surface area contributed by atoms with E-state index in [1.54, 1.807) is 5.57 Å². The summed E-state index contributed by atoms with van der Waals surface area (Å²) in [5.41, 5.74) is 3.08. The second-order valence-corrected chi connectivity index (χ2v) is 11.0. The first-order valence-electron chi connectivity index (χ1n) is 12.4. The van der Waals surface area contributed by atoms with Gasteiger partial charge in [-0.1, -0.05) is 57.8 Å². The molecule has 0 amide bonds. The number of Topliss-reactive ketones (excluding diaryl/α,β-unsaturated/α-hetero) is 1. The van der Waals surface area contributed by atoms with Gasteiger partial charge in [-0.25, -0.2) is 0 Å². The lowest BCUT2D eigenvalue weighted by atomic mass is 9.51. The molecule has 0 aliphatic heterocycles. The molecule has 2 fully saturated rings. The van der Waals surface area contributed by atoms with E-state index in [4.69, 9.17) is 4.74 Å². The molecular weight excluding hydrogens is 372 g/mol. The summed E-state index contributed by atoms with van der Waals surface area (Å²) >= 11 is 0. The fourth-order valence-corrected chi connectivity index (χ4v) is 7.63. The molecule has 166 valence electrons. The summed E-state index contributed by atoms with van der Waals surface area (Å²) in [6, 6.07) is 0. The lowest BCUT2D eigenvalue weighted by Crippen LogP contribution is -2.46. The first kappa shape index (κ1) is 22.0. The van der Waals surface area contributed by atoms with Crippen molar-refractivity contribution in [1.29, 1.82) is 0 Å². The Balaban J connectivity index is 1.53. The molecule has 4 aliphatic rings. The van der Waals surface area contributed by atoms with E-state index in [0.29, 0.717) is 42.3 Å². The Labute approximate surface area is 182 Å². The summed E-state index contributed by atoms with van der Waals surface area (Å²) in [5, 5.41) is 0. The Morgan fingerprint density at radius 3 is 2.80 bits per heavy atom. The highest BCUT2D eigenvalue weighted by atomic mass is 16.5. The Hall–Kier alpha value is -1.22. The van der Waals surface area contributed by atoms with Crippen LogP contribution in [0.1, 0.15) is 85.5 Å². The van der Waals surface area contributed by atoms with Crippen molar-refractivity contribution in [3.8, 4) is 0 Å². The van der Waals surface area contributed by atoms with Gasteiger partial charge in [0.05, 0.1) is 0 Å². The summed E-state index contributed by atoms with van der Waals surface area (Å²) in [7, 11) is 0. The average Bonchev–Trinajstić information content (AvgIpc) is 2.98. The highest BCUT2D eigenvalue weighted by Gasteiger charge is 2.59. The van der Waals surface area contributed by atoms with E-state index >= 15 is 0 Å². The molecule has 6 atom stereocenters. The highest BCUT2D eigenvalue weighted by Crippen LogP contribution is 2.65. The van der Waals surface area contributed by atoms with Gasteiger partial charge in [-0.3, -0.25) is 9.59 Å². The van der Waals surface area contributed by atoms with Gasteiger partial charge in [-0.05, 0) is 67.8 Å². The quantitative estimate of drug-likeness (QED) is 0.376. The van der Waals surface area contributed by atoms with E-state index in [1.165, 1.54) is 18.4 Å². The molecule has 3 nitrogen and oxygen atoms in total. The van der Waals surface area contributed by atoms with Crippen LogP contribution < -0.4 is 0 Å². The molecule has 4 rings (SSSR count). The van der Waals surface area contributed by atoms with Crippen LogP contribution >= 0.6 is 0 Å². The number of carbonyl (C=O) groups excluding carboxylic acids is 2. The molecule has 0 spiro atoms. The fraction of sp³-hybridized carbons (Fsp3) is 0.778. The largest absolute Gasteiger partial charge is 0.374 e. The zero-order valence-corrected chi connectivity index (χ0v) is 19.5. The van der Waals surface area contributed by atoms with Gasteiger partial charge in [0.25, 0.3) is 0 Å². The topological polar surface area (TPSA) is 43.4 Å². The van der Waals surface area contributed by atoms with E-state index < -0.39 is 0 Å². The molecule has 0 aromatic rings. The molecule has 30 heavy (non-hydrogen) atoms. The van der Waals surface area contributed by atoms with E-state index in [0.717, 1.165) is 38.5 Å². The van der Waals surface area contributed by atoms with Crippen LogP contribution in [0.5, 0.6) is 0 Å². The molecule has 2 unspecified atom stereocenters. The predicted octanol–water partition coefficient (Wildman–Crippen LogP) is 6.08. The predicted molar refractivity (Wildman–Crippen MR) is 120 cm³/mol. The van der Waals surface area contributed by atoms with Gasteiger partial charge in [0.1, 0.15) is 6.61 Å². The number of hydrogen-bond donors (Lipinski definition) is 0. The maximum atomic E-state index is 13.2. The number of unbranched alkanes of at least 4 members (excludes halogenated alkanes) is 2. The Morgan fingerprint density at radius 1 is 1.23 bits per heavy atom. The normalized spacial score (nSPS) is 40.2. The Bertz CT molecular complexity index is 762. The molecule has 0 aromatic heterocycles. The minimum absolute atomic E-state index is 0.0551. The fourth-order valence-electron chi connectivity index (χ4n) is 7.63. The van der Waals surface area contributed by atoms with E-state index in [-0.39, 0.29) is 23.4 Å². The van der Waals surface area contributed by atoms with Gasteiger partial charge in [0.2, 0.25) is 0 Å². The number of allylic oxidation sites excluding steroid dienone is 4. The molecule has 0 N–H and O–H groups in total.